The fourth-order valence-electron chi connectivity index (χ4n) is 3.92. The highest BCUT2D eigenvalue weighted by Crippen LogP contribution is 2.30. The molecule has 2 aromatic carbocycles. The molecule has 1 aliphatic rings. The number of rotatable bonds is 9. The third kappa shape index (κ3) is 6.32. The molecule has 3 rings (SSSR count). The zero-order valence-electron chi connectivity index (χ0n) is 20.0. The van der Waals surface area contributed by atoms with Crippen molar-refractivity contribution in [2.24, 2.45) is 0 Å². The summed E-state index contributed by atoms with van der Waals surface area (Å²) in [7, 11) is 1.25. The van der Waals surface area contributed by atoms with Crippen LogP contribution >= 0.6 is 0 Å². The van der Waals surface area contributed by atoms with E-state index in [4.69, 9.17) is 0 Å². The van der Waals surface area contributed by atoms with E-state index in [1.807, 2.05) is 13.8 Å². The molecule has 1 heterocycles. The fourth-order valence-corrected chi connectivity index (χ4v) is 3.92. The second kappa shape index (κ2) is 10.8. The van der Waals surface area contributed by atoms with Gasteiger partial charge in [-0.15, -0.1) is 0 Å². The zero-order chi connectivity index (χ0) is 25.8. The molecule has 2 aromatic rings. The van der Waals surface area contributed by atoms with Crippen LogP contribution in [0.1, 0.15) is 65.2 Å². The average Bonchev–Trinajstić information content (AvgIpc) is 3.11. The molecule has 0 saturated carbocycles. The number of nitrogens with zero attached hydrogens (tertiary/aromatic N) is 1. The lowest BCUT2D eigenvalue weighted by atomic mass is 9.99. The van der Waals surface area contributed by atoms with Gasteiger partial charge in [0.15, 0.2) is 5.81 Å². The van der Waals surface area contributed by atoms with Crippen LogP contribution in [0.2, 0.25) is 0 Å². The molecule has 0 fully saturated rings. The predicted octanol–water partition coefficient (Wildman–Crippen LogP) is 2.82. The maximum absolute atomic E-state index is 14.6. The Labute approximate surface area is 203 Å². The minimum atomic E-state index is -3.67. The fraction of sp³-hybridized carbons (Fsp3) is 0.360. The highest BCUT2D eigenvalue weighted by atomic mass is 19.3. The van der Waals surface area contributed by atoms with Gasteiger partial charge >= 0.3 is 5.92 Å². The molecule has 0 unspecified atom stereocenters. The molecule has 0 aromatic heterocycles. The molecule has 35 heavy (non-hydrogen) atoms. The first-order chi connectivity index (χ1) is 16.5. The van der Waals surface area contributed by atoms with Gasteiger partial charge in [0.2, 0.25) is 13.8 Å². The van der Waals surface area contributed by atoms with Crippen LogP contribution in [0.15, 0.2) is 42.5 Å². The molecule has 4 amide bonds. The van der Waals surface area contributed by atoms with Crippen molar-refractivity contribution in [3.63, 3.8) is 0 Å². The summed E-state index contributed by atoms with van der Waals surface area (Å²) in [6.07, 6.45) is 0.514. The average molecular weight is 483 g/mol. The van der Waals surface area contributed by atoms with Crippen molar-refractivity contribution < 1.29 is 28.0 Å². The molecule has 0 atom stereocenters. The van der Waals surface area contributed by atoms with Gasteiger partial charge in [-0.2, -0.15) is 8.78 Å². The molecule has 0 spiro atoms. The predicted molar refractivity (Wildman–Crippen MR) is 129 cm³/mol. The number of alkyl halides is 2. The van der Waals surface area contributed by atoms with Crippen molar-refractivity contribution in [1.29, 1.82) is 0 Å². The number of hydrogen-bond donors (Lipinski definition) is 2. The van der Waals surface area contributed by atoms with Crippen LogP contribution in [0.5, 0.6) is 0 Å². The summed E-state index contributed by atoms with van der Waals surface area (Å²) in [5, 5.41) is 4.48. The molecule has 0 bridgehead atoms. The standard InChI is InChI=1S/C25H28BF2N3O4/c1-15(2)17-6-8-19(9-7-17)25(27,28)23(34)29-13-16-5-10-20-18(12-16)14-31(22(20)33)11-3-4-21(32)30-24(26)35/h5-10,12,15H,3-4,11,13-14,26H2,1-2H3,(H,29,34)(H,30,32,35). The first kappa shape index (κ1) is 26.1. The van der Waals surface area contributed by atoms with E-state index < -0.39 is 23.5 Å². The van der Waals surface area contributed by atoms with Crippen LogP contribution in [-0.4, -0.2) is 42.8 Å². The number of hydrogen-bond acceptors (Lipinski definition) is 4. The third-order valence-corrected chi connectivity index (χ3v) is 5.87. The Morgan fingerprint density at radius 1 is 1.11 bits per heavy atom. The molecular formula is C25H28BF2N3O4. The first-order valence-electron chi connectivity index (χ1n) is 11.5. The van der Waals surface area contributed by atoms with E-state index in [1.54, 1.807) is 35.2 Å². The SMILES string of the molecule is BC(=O)NC(=O)CCCN1Cc2cc(CNC(=O)C(F)(F)c3ccc(C(C)C)cc3)ccc2C1=O. The van der Waals surface area contributed by atoms with Crippen molar-refractivity contribution in [3.8, 4) is 0 Å². The van der Waals surface area contributed by atoms with Gasteiger partial charge < -0.3 is 15.5 Å². The van der Waals surface area contributed by atoms with E-state index in [9.17, 15) is 28.0 Å². The molecule has 0 saturated heterocycles. The quantitative estimate of drug-likeness (QED) is 0.537. The number of imide groups is 1. The lowest BCUT2D eigenvalue weighted by Gasteiger charge is -2.17. The van der Waals surface area contributed by atoms with Crippen LogP contribution in [-0.2, 0) is 28.6 Å². The van der Waals surface area contributed by atoms with E-state index in [1.165, 1.54) is 20.0 Å². The molecule has 0 radical (unpaired) electrons. The van der Waals surface area contributed by atoms with E-state index in [2.05, 4.69) is 10.6 Å². The molecule has 1 aliphatic heterocycles. The number of nitrogens with one attached hydrogen (secondary N) is 2. The van der Waals surface area contributed by atoms with E-state index >= 15 is 0 Å². The zero-order valence-corrected chi connectivity index (χ0v) is 20.0. The van der Waals surface area contributed by atoms with Crippen LogP contribution in [0.25, 0.3) is 0 Å². The number of halogens is 2. The largest absolute Gasteiger partial charge is 0.349 e. The van der Waals surface area contributed by atoms with Gasteiger partial charge in [-0.05, 0) is 35.1 Å². The van der Waals surface area contributed by atoms with E-state index in [0.717, 1.165) is 11.1 Å². The number of carbonyl (C=O) groups excluding carboxylic acids is 4. The topological polar surface area (TPSA) is 95.6 Å². The maximum atomic E-state index is 14.6. The van der Waals surface area contributed by atoms with Crippen molar-refractivity contribution in [1.82, 2.24) is 15.5 Å². The van der Waals surface area contributed by atoms with Gasteiger partial charge in [0, 0.05) is 37.2 Å². The van der Waals surface area contributed by atoms with Gasteiger partial charge in [0.25, 0.3) is 11.8 Å². The number of fused-ring (bicyclic) bond motifs is 1. The van der Waals surface area contributed by atoms with Gasteiger partial charge in [-0.3, -0.25) is 19.2 Å². The van der Waals surface area contributed by atoms with Gasteiger partial charge in [-0.25, -0.2) is 0 Å². The van der Waals surface area contributed by atoms with Crippen LogP contribution < -0.4 is 10.6 Å². The minimum absolute atomic E-state index is 0.106. The van der Waals surface area contributed by atoms with Gasteiger partial charge in [0.1, 0.15) is 0 Å². The summed E-state index contributed by atoms with van der Waals surface area (Å²) in [5.74, 6) is -5.88. The summed E-state index contributed by atoms with van der Waals surface area (Å²) >= 11 is 0. The molecule has 184 valence electrons. The molecule has 2 N–H and O–H groups in total. The summed E-state index contributed by atoms with van der Waals surface area (Å²) in [6.45, 7) is 4.47. The first-order valence-corrected chi connectivity index (χ1v) is 11.5. The lowest BCUT2D eigenvalue weighted by Crippen LogP contribution is -2.37. The Morgan fingerprint density at radius 2 is 1.80 bits per heavy atom. The van der Waals surface area contributed by atoms with Gasteiger partial charge in [-0.1, -0.05) is 50.2 Å². The summed E-state index contributed by atoms with van der Waals surface area (Å²) in [6, 6.07) is 10.7. The molecule has 7 nitrogen and oxygen atoms in total. The summed E-state index contributed by atoms with van der Waals surface area (Å²) < 4.78 is 29.3. The van der Waals surface area contributed by atoms with E-state index in [-0.39, 0.29) is 30.4 Å². The highest BCUT2D eigenvalue weighted by molar-refractivity contribution is 6.58. The smallest absolute Gasteiger partial charge is 0.346 e. The van der Waals surface area contributed by atoms with Crippen molar-refractivity contribution in [2.75, 3.05) is 6.54 Å². The van der Waals surface area contributed by atoms with E-state index in [0.29, 0.717) is 30.6 Å². The summed E-state index contributed by atoms with van der Waals surface area (Å²) in [4.78, 5) is 48.9. The Bertz CT molecular complexity index is 1140. The Hall–Kier alpha value is -3.56. The monoisotopic (exact) mass is 483 g/mol. The van der Waals surface area contributed by atoms with Crippen LogP contribution in [0.4, 0.5) is 13.6 Å². The lowest BCUT2D eigenvalue weighted by molar-refractivity contribution is -0.147. The molecular weight excluding hydrogens is 455 g/mol. The minimum Gasteiger partial charge on any atom is -0.346 e. The highest BCUT2D eigenvalue weighted by Gasteiger charge is 2.40. The molecule has 0 aliphatic carbocycles. The number of carbonyl (C=O) groups is 4. The van der Waals surface area contributed by atoms with Crippen LogP contribution in [0, 0.1) is 0 Å². The normalized spacial score (nSPS) is 13.1. The van der Waals surface area contributed by atoms with Crippen molar-refractivity contribution in [3.05, 3.63) is 70.3 Å². The second-order valence-corrected chi connectivity index (χ2v) is 8.96. The van der Waals surface area contributed by atoms with Crippen LogP contribution in [0.3, 0.4) is 0 Å². The van der Waals surface area contributed by atoms with Gasteiger partial charge in [0.05, 0.1) is 0 Å². The number of benzene rings is 2. The third-order valence-electron chi connectivity index (χ3n) is 5.87. The Kier molecular flexibility index (Phi) is 8.04. The molecule has 10 heteroatoms. The Morgan fingerprint density at radius 3 is 2.43 bits per heavy atom. The maximum Gasteiger partial charge on any atom is 0.349 e. The van der Waals surface area contributed by atoms with Crippen molar-refractivity contribution >= 4 is 31.4 Å². The second-order valence-electron chi connectivity index (χ2n) is 8.96. The summed E-state index contributed by atoms with van der Waals surface area (Å²) in [5.41, 5.74) is 2.37. The Balaban J connectivity index is 1.56. The number of amides is 4. The van der Waals surface area contributed by atoms with Crippen molar-refractivity contribution in [2.45, 2.75) is 51.6 Å².